The summed E-state index contributed by atoms with van der Waals surface area (Å²) in [6.07, 6.45) is -0.287. The van der Waals surface area contributed by atoms with Crippen molar-refractivity contribution in [1.82, 2.24) is 0 Å². The van der Waals surface area contributed by atoms with E-state index in [-0.39, 0.29) is 13.2 Å². The lowest BCUT2D eigenvalue weighted by molar-refractivity contribution is 0.0288. The van der Waals surface area contributed by atoms with Gasteiger partial charge in [-0.2, -0.15) is 0 Å². The van der Waals surface area contributed by atoms with Gasteiger partial charge in [0.05, 0.1) is 38.6 Å². The Bertz CT molecular complexity index is 1100. The van der Waals surface area contributed by atoms with Crippen molar-refractivity contribution in [2.24, 2.45) is 0 Å². The molecule has 0 radical (unpaired) electrons. The molecule has 0 amide bonds. The highest BCUT2D eigenvalue weighted by Gasteiger charge is 2.16. The van der Waals surface area contributed by atoms with E-state index < -0.39 is 23.4 Å². The molecule has 198 valence electrons. The van der Waals surface area contributed by atoms with E-state index >= 15 is 0 Å². The summed E-state index contributed by atoms with van der Waals surface area (Å²) in [5.74, 6) is 0. The first-order valence-electron chi connectivity index (χ1n) is 12.8. The van der Waals surface area contributed by atoms with Gasteiger partial charge in [-0.15, -0.1) is 0 Å². The minimum absolute atomic E-state index is 0.253. The van der Waals surface area contributed by atoms with Gasteiger partial charge in [0.1, 0.15) is 0 Å². The number of benzene rings is 4. The average Bonchev–Trinajstić information content (AvgIpc) is 2.95. The Morgan fingerprint density at radius 3 is 1.26 bits per heavy atom. The summed E-state index contributed by atoms with van der Waals surface area (Å²) in [5.41, 5.74) is 4.06. The number of aliphatic hydroxyl groups is 2. The maximum Gasteiger partial charge on any atom is 0.158 e. The predicted octanol–water partition coefficient (Wildman–Crippen LogP) is 5.09. The van der Waals surface area contributed by atoms with Crippen LogP contribution in [-0.4, -0.2) is 40.2 Å². The summed E-state index contributed by atoms with van der Waals surface area (Å²) in [7, 11) is 0. The summed E-state index contributed by atoms with van der Waals surface area (Å²) in [4.78, 5) is 1.40. The van der Waals surface area contributed by atoms with Gasteiger partial charge in [0.2, 0.25) is 0 Å². The van der Waals surface area contributed by atoms with Gasteiger partial charge in [-0.05, 0) is 46.5 Å². The molecule has 38 heavy (non-hydrogen) atoms. The van der Waals surface area contributed by atoms with E-state index in [0.29, 0.717) is 35.8 Å². The van der Waals surface area contributed by atoms with Crippen LogP contribution in [0.4, 0.5) is 0 Å². The van der Waals surface area contributed by atoms with E-state index in [1.165, 1.54) is 0 Å². The molecular formula is C32H34O5S. The zero-order valence-electron chi connectivity index (χ0n) is 21.3. The number of hydrogen-bond acceptors (Lipinski definition) is 5. The number of rotatable bonds is 14. The largest absolute Gasteiger partial charge is 0.606 e. The van der Waals surface area contributed by atoms with Gasteiger partial charge in [-0.1, -0.05) is 84.9 Å². The summed E-state index contributed by atoms with van der Waals surface area (Å²) >= 11 is -1.32. The highest BCUT2D eigenvalue weighted by molar-refractivity contribution is 7.91. The van der Waals surface area contributed by atoms with Crippen LogP contribution in [-0.2, 0) is 46.7 Å². The van der Waals surface area contributed by atoms with E-state index in [1.807, 2.05) is 109 Å². The molecule has 0 fully saturated rings. The molecule has 0 unspecified atom stereocenters. The molecule has 0 heterocycles. The van der Waals surface area contributed by atoms with Crippen LogP contribution in [0.25, 0.3) is 0 Å². The topological polar surface area (TPSA) is 82.0 Å². The summed E-state index contributed by atoms with van der Waals surface area (Å²) in [6, 6.07) is 34.7. The van der Waals surface area contributed by atoms with Crippen molar-refractivity contribution in [1.29, 1.82) is 0 Å². The molecule has 0 aromatic heterocycles. The lowest BCUT2D eigenvalue weighted by Crippen LogP contribution is -2.18. The van der Waals surface area contributed by atoms with Crippen LogP contribution in [0.5, 0.6) is 0 Å². The Balaban J connectivity index is 1.20. The summed E-state index contributed by atoms with van der Waals surface area (Å²) in [5, 5.41) is 20.6. The lowest BCUT2D eigenvalue weighted by atomic mass is 10.1. The second kappa shape index (κ2) is 14.8. The van der Waals surface area contributed by atoms with E-state index in [4.69, 9.17) is 9.47 Å². The maximum atomic E-state index is 13.0. The van der Waals surface area contributed by atoms with Crippen molar-refractivity contribution in [3.8, 4) is 0 Å². The first kappa shape index (κ1) is 28.0. The van der Waals surface area contributed by atoms with Crippen LogP contribution in [0.1, 0.15) is 22.3 Å². The minimum atomic E-state index is -1.32. The van der Waals surface area contributed by atoms with Crippen molar-refractivity contribution < 1.29 is 24.2 Å². The minimum Gasteiger partial charge on any atom is -0.606 e. The summed E-state index contributed by atoms with van der Waals surface area (Å²) < 4.78 is 24.3. The van der Waals surface area contributed by atoms with Crippen LogP contribution in [0, 0.1) is 0 Å². The highest BCUT2D eigenvalue weighted by Crippen LogP contribution is 2.22. The Labute approximate surface area is 227 Å². The standard InChI is InChI=1S/C32H34O5S/c33-29(23-36-21-27-7-3-1-4-8-27)19-25-11-15-31(16-12-25)38(35)32-17-13-26(14-18-32)20-30(34)24-37-22-28-9-5-2-6-10-28/h1-18,29-30,33-34H,19-24H2/t29-,30-/m0/s1. The third-order valence-electron chi connectivity index (χ3n) is 6.06. The predicted molar refractivity (Wildman–Crippen MR) is 149 cm³/mol. The molecule has 5 nitrogen and oxygen atoms in total. The molecule has 6 heteroatoms. The molecule has 2 atom stereocenters. The normalized spacial score (nSPS) is 12.9. The van der Waals surface area contributed by atoms with Gasteiger partial charge in [0.25, 0.3) is 0 Å². The van der Waals surface area contributed by atoms with Crippen LogP contribution in [0.3, 0.4) is 0 Å². The molecule has 4 aromatic rings. The molecule has 0 aliphatic rings. The second-order valence-electron chi connectivity index (χ2n) is 9.27. The molecule has 0 saturated carbocycles. The second-order valence-corrected chi connectivity index (χ2v) is 10.8. The Morgan fingerprint density at radius 1 is 0.526 bits per heavy atom. The van der Waals surface area contributed by atoms with E-state index in [0.717, 1.165) is 22.3 Å². The molecular weight excluding hydrogens is 496 g/mol. The Kier molecular flexibility index (Phi) is 10.9. The van der Waals surface area contributed by atoms with Gasteiger partial charge in [-0.3, -0.25) is 0 Å². The first-order valence-corrected chi connectivity index (χ1v) is 13.9. The molecule has 0 saturated heterocycles. The van der Waals surface area contributed by atoms with Crippen LogP contribution in [0.2, 0.25) is 0 Å². The SMILES string of the molecule is [O-][S+](c1ccc(C[C@H](O)COCc2ccccc2)cc1)c1ccc(C[C@H](O)COCc2ccccc2)cc1. The quantitative estimate of drug-likeness (QED) is 0.222. The third kappa shape index (κ3) is 9.10. The Hall–Kier alpha value is -2.97. The number of aliphatic hydroxyl groups excluding tert-OH is 2. The fourth-order valence-electron chi connectivity index (χ4n) is 4.07. The van der Waals surface area contributed by atoms with Crippen molar-refractivity contribution in [3.05, 3.63) is 131 Å². The van der Waals surface area contributed by atoms with E-state index in [9.17, 15) is 14.8 Å². The van der Waals surface area contributed by atoms with Crippen LogP contribution < -0.4 is 0 Å². The van der Waals surface area contributed by atoms with Crippen LogP contribution >= 0.6 is 0 Å². The van der Waals surface area contributed by atoms with Crippen molar-refractivity contribution in [3.63, 3.8) is 0 Å². The zero-order chi connectivity index (χ0) is 26.6. The monoisotopic (exact) mass is 530 g/mol. The number of ether oxygens (including phenoxy) is 2. The zero-order valence-corrected chi connectivity index (χ0v) is 22.1. The molecule has 4 rings (SSSR count). The molecule has 4 aromatic carbocycles. The highest BCUT2D eigenvalue weighted by atomic mass is 32.2. The molecule has 2 N–H and O–H groups in total. The molecule has 0 bridgehead atoms. The number of hydrogen-bond donors (Lipinski definition) is 2. The Morgan fingerprint density at radius 2 is 0.895 bits per heavy atom. The first-order chi connectivity index (χ1) is 18.6. The fraction of sp³-hybridized carbons (Fsp3) is 0.250. The van der Waals surface area contributed by atoms with Crippen molar-refractivity contribution in [2.45, 2.75) is 48.1 Å². The van der Waals surface area contributed by atoms with E-state index in [2.05, 4.69) is 0 Å². The van der Waals surface area contributed by atoms with Gasteiger partial charge in [-0.25, -0.2) is 0 Å². The van der Waals surface area contributed by atoms with Crippen molar-refractivity contribution >= 4 is 11.2 Å². The molecule has 0 spiro atoms. The van der Waals surface area contributed by atoms with Gasteiger partial charge in [0, 0.05) is 24.0 Å². The molecule has 0 aliphatic carbocycles. The van der Waals surface area contributed by atoms with E-state index in [1.54, 1.807) is 0 Å². The molecule has 0 aliphatic heterocycles. The maximum absolute atomic E-state index is 13.0. The van der Waals surface area contributed by atoms with Crippen molar-refractivity contribution in [2.75, 3.05) is 13.2 Å². The van der Waals surface area contributed by atoms with Gasteiger partial charge < -0.3 is 24.2 Å². The summed E-state index contributed by atoms with van der Waals surface area (Å²) in [6.45, 7) is 1.44. The lowest BCUT2D eigenvalue weighted by Gasteiger charge is -2.14. The average molecular weight is 531 g/mol. The third-order valence-corrected chi connectivity index (χ3v) is 7.46. The smallest absolute Gasteiger partial charge is 0.158 e. The fourth-order valence-corrected chi connectivity index (χ4v) is 5.11. The van der Waals surface area contributed by atoms with Gasteiger partial charge in [0.15, 0.2) is 9.79 Å². The van der Waals surface area contributed by atoms with Gasteiger partial charge >= 0.3 is 0 Å². The van der Waals surface area contributed by atoms with Crippen LogP contribution in [0.15, 0.2) is 119 Å².